The maximum absolute atomic E-state index is 13.8. The SMILES string of the molecule is NC(=O)C1CCC([C@]2(O)C=CC(Cc3ccccc3F)=CC2)N1C(=O)O. The quantitative estimate of drug-likeness (QED) is 0.764. The van der Waals surface area contributed by atoms with Gasteiger partial charge in [0, 0.05) is 6.42 Å². The number of rotatable bonds is 4. The monoisotopic (exact) mass is 360 g/mol. The average molecular weight is 360 g/mol. The number of nitrogens with zero attached hydrogens (tertiary/aromatic N) is 1. The first-order chi connectivity index (χ1) is 12.3. The molecule has 138 valence electrons. The van der Waals surface area contributed by atoms with Crippen LogP contribution in [0.3, 0.4) is 0 Å². The van der Waals surface area contributed by atoms with E-state index in [1.807, 2.05) is 0 Å². The van der Waals surface area contributed by atoms with Crippen LogP contribution in [0.15, 0.2) is 48.1 Å². The third kappa shape index (κ3) is 3.35. The van der Waals surface area contributed by atoms with E-state index in [0.717, 1.165) is 10.5 Å². The van der Waals surface area contributed by atoms with Gasteiger partial charge in [-0.2, -0.15) is 0 Å². The molecule has 2 aliphatic rings. The van der Waals surface area contributed by atoms with E-state index >= 15 is 0 Å². The average Bonchev–Trinajstić information content (AvgIpc) is 3.05. The molecule has 1 saturated heterocycles. The van der Waals surface area contributed by atoms with Crippen molar-refractivity contribution >= 4 is 12.0 Å². The maximum atomic E-state index is 13.8. The van der Waals surface area contributed by atoms with Gasteiger partial charge >= 0.3 is 6.09 Å². The molecule has 3 atom stereocenters. The number of carbonyl (C=O) groups excluding carboxylic acids is 1. The van der Waals surface area contributed by atoms with E-state index in [1.54, 1.807) is 36.4 Å². The first-order valence-corrected chi connectivity index (χ1v) is 8.46. The minimum Gasteiger partial charge on any atom is -0.465 e. The van der Waals surface area contributed by atoms with E-state index in [-0.39, 0.29) is 18.7 Å². The van der Waals surface area contributed by atoms with Gasteiger partial charge in [-0.3, -0.25) is 9.69 Å². The Morgan fingerprint density at radius 2 is 2.04 bits per heavy atom. The van der Waals surface area contributed by atoms with Gasteiger partial charge in [0.1, 0.15) is 17.5 Å². The van der Waals surface area contributed by atoms with Crippen molar-refractivity contribution in [2.75, 3.05) is 0 Å². The second-order valence-electron chi connectivity index (χ2n) is 6.78. The molecule has 26 heavy (non-hydrogen) atoms. The third-order valence-electron chi connectivity index (χ3n) is 5.14. The molecule has 4 N–H and O–H groups in total. The highest BCUT2D eigenvalue weighted by molar-refractivity contribution is 5.84. The second-order valence-corrected chi connectivity index (χ2v) is 6.78. The van der Waals surface area contributed by atoms with E-state index in [1.165, 1.54) is 6.07 Å². The molecule has 0 radical (unpaired) electrons. The largest absolute Gasteiger partial charge is 0.465 e. The van der Waals surface area contributed by atoms with Crippen molar-refractivity contribution in [2.24, 2.45) is 5.73 Å². The molecule has 6 nitrogen and oxygen atoms in total. The van der Waals surface area contributed by atoms with E-state index in [2.05, 4.69) is 0 Å². The Labute approximate surface area is 150 Å². The molecule has 2 amide bonds. The van der Waals surface area contributed by atoms with E-state index in [4.69, 9.17) is 5.73 Å². The van der Waals surface area contributed by atoms with Gasteiger partial charge in [0.25, 0.3) is 0 Å². The lowest BCUT2D eigenvalue weighted by Crippen LogP contribution is -2.55. The van der Waals surface area contributed by atoms with Crippen LogP contribution in [0.1, 0.15) is 24.8 Å². The number of nitrogens with two attached hydrogens (primary N) is 1. The summed E-state index contributed by atoms with van der Waals surface area (Å²) in [5.74, 6) is -1.01. The highest BCUT2D eigenvalue weighted by atomic mass is 19.1. The number of aliphatic hydroxyl groups is 1. The highest BCUT2D eigenvalue weighted by Crippen LogP contribution is 2.37. The number of likely N-dealkylation sites (tertiary alicyclic amines) is 1. The van der Waals surface area contributed by atoms with E-state index in [9.17, 15) is 24.2 Å². The van der Waals surface area contributed by atoms with Crippen LogP contribution in [0, 0.1) is 5.82 Å². The van der Waals surface area contributed by atoms with Crippen LogP contribution < -0.4 is 5.73 Å². The van der Waals surface area contributed by atoms with Gasteiger partial charge in [0.2, 0.25) is 5.91 Å². The Balaban J connectivity index is 1.76. The van der Waals surface area contributed by atoms with Crippen LogP contribution in [-0.2, 0) is 11.2 Å². The molecule has 0 saturated carbocycles. The predicted octanol–water partition coefficient (Wildman–Crippen LogP) is 1.98. The summed E-state index contributed by atoms with van der Waals surface area (Å²) < 4.78 is 13.8. The summed E-state index contributed by atoms with van der Waals surface area (Å²) >= 11 is 0. The number of carbonyl (C=O) groups is 2. The van der Waals surface area contributed by atoms with Gasteiger partial charge in [-0.15, -0.1) is 0 Å². The Hall–Kier alpha value is -2.67. The third-order valence-corrected chi connectivity index (χ3v) is 5.14. The molecule has 3 rings (SSSR count). The number of carboxylic acid groups (broad SMARTS) is 1. The summed E-state index contributed by atoms with van der Waals surface area (Å²) in [5, 5.41) is 20.4. The minimum absolute atomic E-state index is 0.188. The van der Waals surface area contributed by atoms with Crippen LogP contribution in [0.5, 0.6) is 0 Å². The molecular formula is C19H21FN2O4. The summed E-state index contributed by atoms with van der Waals surface area (Å²) in [4.78, 5) is 24.0. The first kappa shape index (κ1) is 18.1. The van der Waals surface area contributed by atoms with Crippen molar-refractivity contribution < 1.29 is 24.2 Å². The van der Waals surface area contributed by atoms with Crippen molar-refractivity contribution in [1.29, 1.82) is 0 Å². The van der Waals surface area contributed by atoms with Gasteiger partial charge in [-0.1, -0.05) is 36.4 Å². The Bertz CT molecular complexity index is 791. The molecule has 0 aromatic heterocycles. The van der Waals surface area contributed by atoms with Crippen LogP contribution in [0.4, 0.5) is 9.18 Å². The first-order valence-electron chi connectivity index (χ1n) is 8.46. The van der Waals surface area contributed by atoms with Crippen LogP contribution in [-0.4, -0.2) is 44.8 Å². The van der Waals surface area contributed by atoms with Crippen molar-refractivity contribution in [3.8, 4) is 0 Å². The van der Waals surface area contributed by atoms with Crippen molar-refractivity contribution in [1.82, 2.24) is 4.90 Å². The number of amides is 2. The van der Waals surface area contributed by atoms with Gasteiger partial charge in [0.05, 0.1) is 6.04 Å². The highest BCUT2D eigenvalue weighted by Gasteiger charge is 2.49. The van der Waals surface area contributed by atoms with Crippen molar-refractivity contribution in [3.63, 3.8) is 0 Å². The zero-order chi connectivity index (χ0) is 18.9. The summed E-state index contributed by atoms with van der Waals surface area (Å²) in [6.07, 6.45) is 4.94. The summed E-state index contributed by atoms with van der Waals surface area (Å²) in [6.45, 7) is 0. The topological polar surface area (TPSA) is 104 Å². The summed E-state index contributed by atoms with van der Waals surface area (Å²) in [6, 6.07) is 4.80. The fraction of sp³-hybridized carbons (Fsp3) is 0.368. The van der Waals surface area contributed by atoms with Crippen LogP contribution in [0.2, 0.25) is 0 Å². The zero-order valence-electron chi connectivity index (χ0n) is 14.1. The Kier molecular flexibility index (Phi) is 4.82. The molecule has 0 spiro atoms. The fourth-order valence-corrected chi connectivity index (χ4v) is 3.77. The molecule has 1 aromatic rings. The fourth-order valence-electron chi connectivity index (χ4n) is 3.77. The number of hydrogen-bond donors (Lipinski definition) is 3. The number of halogens is 1. The lowest BCUT2D eigenvalue weighted by atomic mass is 9.83. The van der Waals surface area contributed by atoms with Crippen LogP contribution >= 0.6 is 0 Å². The summed E-state index contributed by atoms with van der Waals surface area (Å²) in [7, 11) is 0. The molecule has 1 aliphatic carbocycles. The van der Waals surface area contributed by atoms with Gasteiger partial charge < -0.3 is 15.9 Å². The van der Waals surface area contributed by atoms with E-state index in [0.29, 0.717) is 18.4 Å². The molecule has 0 bridgehead atoms. The predicted molar refractivity (Wildman–Crippen MR) is 92.8 cm³/mol. The molecular weight excluding hydrogens is 339 g/mol. The van der Waals surface area contributed by atoms with Gasteiger partial charge in [-0.05, 0) is 36.5 Å². The van der Waals surface area contributed by atoms with Crippen molar-refractivity contribution in [2.45, 2.75) is 43.4 Å². The zero-order valence-corrected chi connectivity index (χ0v) is 14.1. The number of allylic oxidation sites excluding steroid dienone is 2. The molecule has 1 aromatic carbocycles. The Morgan fingerprint density at radius 1 is 1.31 bits per heavy atom. The van der Waals surface area contributed by atoms with Crippen LogP contribution in [0.25, 0.3) is 0 Å². The Morgan fingerprint density at radius 3 is 2.62 bits per heavy atom. The number of hydrogen-bond acceptors (Lipinski definition) is 3. The number of benzene rings is 1. The molecule has 2 unspecified atom stereocenters. The number of primary amides is 1. The van der Waals surface area contributed by atoms with Crippen molar-refractivity contribution in [3.05, 3.63) is 59.4 Å². The molecule has 7 heteroatoms. The van der Waals surface area contributed by atoms with E-state index < -0.39 is 29.7 Å². The second kappa shape index (κ2) is 6.92. The normalized spacial score (nSPS) is 28.1. The molecule has 1 fully saturated rings. The van der Waals surface area contributed by atoms with Gasteiger partial charge in [-0.25, -0.2) is 9.18 Å². The lowest BCUT2D eigenvalue weighted by molar-refractivity contribution is -0.122. The standard InChI is InChI=1S/C19H21FN2O4/c20-14-4-2-1-3-13(14)11-12-7-9-19(26,10-8-12)16-6-5-15(17(21)23)22(16)18(24)25/h1-4,7-9,15-16,26H,5-6,10-11H2,(H2,21,23)(H,24,25)/t15?,16?,19-/m0/s1. The molecule has 1 aliphatic heterocycles. The summed E-state index contributed by atoms with van der Waals surface area (Å²) in [5.41, 5.74) is 5.27. The minimum atomic E-state index is -1.42. The maximum Gasteiger partial charge on any atom is 0.408 e. The lowest BCUT2D eigenvalue weighted by Gasteiger charge is -2.38. The van der Waals surface area contributed by atoms with Gasteiger partial charge in [0.15, 0.2) is 0 Å². The molecule has 1 heterocycles. The smallest absolute Gasteiger partial charge is 0.408 e.